The summed E-state index contributed by atoms with van der Waals surface area (Å²) in [6.07, 6.45) is -4.42. The maximum atomic E-state index is 12.8. The van der Waals surface area contributed by atoms with Gasteiger partial charge in [0, 0.05) is 30.9 Å². The van der Waals surface area contributed by atoms with Gasteiger partial charge in [0.05, 0.1) is 11.3 Å². The lowest BCUT2D eigenvalue weighted by Gasteiger charge is -2.13. The van der Waals surface area contributed by atoms with Crippen molar-refractivity contribution in [3.8, 4) is 0 Å². The summed E-state index contributed by atoms with van der Waals surface area (Å²) in [5.74, 6) is 1.27. The standard InChI is InChI=1S/C15H16F3N5/c1-8-22-13-7-20-6-12(13)14(23-8)21-5-9-2-10(15(16,17)18)4-11(19)3-9/h2-4,20H,5-7,19H2,1H3,(H,21,22,23). The highest BCUT2D eigenvalue weighted by molar-refractivity contribution is 5.50. The topological polar surface area (TPSA) is 75.9 Å². The van der Waals surface area contributed by atoms with E-state index in [-0.39, 0.29) is 12.2 Å². The van der Waals surface area contributed by atoms with Crippen molar-refractivity contribution in [2.24, 2.45) is 0 Å². The summed E-state index contributed by atoms with van der Waals surface area (Å²) in [6.45, 7) is 3.30. The van der Waals surface area contributed by atoms with Gasteiger partial charge >= 0.3 is 6.18 Å². The molecule has 2 heterocycles. The van der Waals surface area contributed by atoms with Gasteiger partial charge < -0.3 is 16.4 Å². The van der Waals surface area contributed by atoms with Crippen molar-refractivity contribution < 1.29 is 13.2 Å². The van der Waals surface area contributed by atoms with Crippen molar-refractivity contribution >= 4 is 11.5 Å². The summed E-state index contributed by atoms with van der Waals surface area (Å²) in [5.41, 5.74) is 7.24. The molecule has 5 nitrogen and oxygen atoms in total. The Morgan fingerprint density at radius 3 is 2.74 bits per heavy atom. The normalized spacial score (nSPS) is 13.9. The number of nitrogens with two attached hydrogens (primary N) is 1. The van der Waals surface area contributed by atoms with Crippen LogP contribution < -0.4 is 16.4 Å². The zero-order valence-corrected chi connectivity index (χ0v) is 12.5. The number of anilines is 2. The minimum atomic E-state index is -4.42. The highest BCUT2D eigenvalue weighted by Crippen LogP contribution is 2.31. The molecule has 0 aliphatic carbocycles. The quantitative estimate of drug-likeness (QED) is 0.757. The van der Waals surface area contributed by atoms with Gasteiger partial charge in [0.25, 0.3) is 0 Å². The number of hydrogen-bond donors (Lipinski definition) is 3. The van der Waals surface area contributed by atoms with Gasteiger partial charge in [0.1, 0.15) is 11.6 Å². The van der Waals surface area contributed by atoms with Crippen LogP contribution >= 0.6 is 0 Å². The van der Waals surface area contributed by atoms with Crippen molar-refractivity contribution in [2.75, 3.05) is 11.1 Å². The molecule has 0 saturated heterocycles. The summed E-state index contributed by atoms with van der Waals surface area (Å²) >= 11 is 0. The molecule has 0 spiro atoms. The van der Waals surface area contributed by atoms with E-state index >= 15 is 0 Å². The molecule has 8 heteroatoms. The molecule has 1 aromatic carbocycles. The Labute approximate surface area is 131 Å². The van der Waals surface area contributed by atoms with E-state index in [1.54, 1.807) is 6.92 Å². The van der Waals surface area contributed by atoms with Crippen LogP contribution in [0, 0.1) is 6.92 Å². The Bertz CT molecular complexity index is 743. The first-order chi connectivity index (χ1) is 10.8. The number of nitrogens with zero attached hydrogens (tertiary/aromatic N) is 2. The second kappa shape index (κ2) is 5.69. The number of rotatable bonds is 3. The van der Waals surface area contributed by atoms with Crippen LogP contribution in [0.25, 0.3) is 0 Å². The van der Waals surface area contributed by atoms with Gasteiger partial charge in [0.15, 0.2) is 0 Å². The molecular weight excluding hydrogens is 307 g/mol. The summed E-state index contributed by atoms with van der Waals surface area (Å²) in [5, 5.41) is 6.27. The van der Waals surface area contributed by atoms with Crippen LogP contribution in [0.15, 0.2) is 18.2 Å². The molecule has 1 aromatic heterocycles. The van der Waals surface area contributed by atoms with Crippen LogP contribution in [0.2, 0.25) is 0 Å². The summed E-state index contributed by atoms with van der Waals surface area (Å²) in [7, 11) is 0. The zero-order chi connectivity index (χ0) is 16.6. The van der Waals surface area contributed by atoms with Crippen LogP contribution in [0.5, 0.6) is 0 Å². The average molecular weight is 323 g/mol. The van der Waals surface area contributed by atoms with Crippen molar-refractivity contribution in [1.29, 1.82) is 0 Å². The van der Waals surface area contributed by atoms with Gasteiger partial charge in [-0.1, -0.05) is 0 Å². The number of hydrogen-bond acceptors (Lipinski definition) is 5. The molecule has 3 rings (SSSR count). The molecule has 0 saturated carbocycles. The number of halogens is 3. The van der Waals surface area contributed by atoms with Gasteiger partial charge in [0.2, 0.25) is 0 Å². The Morgan fingerprint density at radius 2 is 2.00 bits per heavy atom. The predicted molar refractivity (Wildman–Crippen MR) is 80.5 cm³/mol. The molecule has 1 aliphatic rings. The third kappa shape index (κ3) is 3.37. The molecule has 0 fully saturated rings. The number of nitrogen functional groups attached to an aromatic ring is 1. The fraction of sp³-hybridized carbons (Fsp3) is 0.333. The fourth-order valence-electron chi connectivity index (χ4n) is 2.61. The Kier molecular flexibility index (Phi) is 3.85. The summed E-state index contributed by atoms with van der Waals surface area (Å²) < 4.78 is 38.5. The van der Waals surface area contributed by atoms with Gasteiger partial charge in [-0.15, -0.1) is 0 Å². The molecule has 0 unspecified atom stereocenters. The molecule has 2 aromatic rings. The second-order valence-corrected chi connectivity index (χ2v) is 5.46. The molecule has 0 atom stereocenters. The second-order valence-electron chi connectivity index (χ2n) is 5.46. The van der Waals surface area contributed by atoms with E-state index in [2.05, 4.69) is 20.6 Å². The lowest BCUT2D eigenvalue weighted by molar-refractivity contribution is -0.137. The van der Waals surface area contributed by atoms with Crippen molar-refractivity contribution in [3.05, 3.63) is 46.4 Å². The number of alkyl halides is 3. The minimum absolute atomic E-state index is 0.0855. The summed E-state index contributed by atoms with van der Waals surface area (Å²) in [4.78, 5) is 8.69. The first kappa shape index (κ1) is 15.5. The third-order valence-corrected chi connectivity index (χ3v) is 3.60. The number of benzene rings is 1. The first-order valence-corrected chi connectivity index (χ1v) is 7.10. The molecular formula is C15H16F3N5. The van der Waals surface area contributed by atoms with Gasteiger partial charge in [-0.05, 0) is 30.7 Å². The minimum Gasteiger partial charge on any atom is -0.399 e. The first-order valence-electron chi connectivity index (χ1n) is 7.10. The van der Waals surface area contributed by atoms with E-state index in [0.29, 0.717) is 30.3 Å². The SMILES string of the molecule is Cc1nc2c(c(NCc3cc(N)cc(C(F)(F)F)c3)n1)CNC2. The van der Waals surface area contributed by atoms with Crippen molar-refractivity contribution in [1.82, 2.24) is 15.3 Å². The van der Waals surface area contributed by atoms with E-state index < -0.39 is 11.7 Å². The van der Waals surface area contributed by atoms with Crippen LogP contribution in [-0.4, -0.2) is 9.97 Å². The molecule has 0 radical (unpaired) electrons. The van der Waals surface area contributed by atoms with E-state index in [4.69, 9.17) is 5.73 Å². The molecule has 122 valence electrons. The molecule has 1 aliphatic heterocycles. The number of fused-ring (bicyclic) bond motifs is 1. The highest BCUT2D eigenvalue weighted by Gasteiger charge is 2.31. The maximum absolute atomic E-state index is 12.8. The summed E-state index contributed by atoms with van der Waals surface area (Å²) in [6, 6.07) is 3.55. The van der Waals surface area contributed by atoms with Crippen LogP contribution in [0.3, 0.4) is 0 Å². The van der Waals surface area contributed by atoms with Crippen molar-refractivity contribution in [2.45, 2.75) is 32.7 Å². The van der Waals surface area contributed by atoms with Gasteiger partial charge in [-0.2, -0.15) is 13.2 Å². The smallest absolute Gasteiger partial charge is 0.399 e. The van der Waals surface area contributed by atoms with Gasteiger partial charge in [-0.25, -0.2) is 9.97 Å². The third-order valence-electron chi connectivity index (χ3n) is 3.60. The van der Waals surface area contributed by atoms with E-state index in [0.717, 1.165) is 23.4 Å². The zero-order valence-electron chi connectivity index (χ0n) is 12.5. The molecule has 0 amide bonds. The number of nitrogens with one attached hydrogen (secondary N) is 2. The van der Waals surface area contributed by atoms with Crippen LogP contribution in [-0.2, 0) is 25.8 Å². The predicted octanol–water partition coefficient (Wildman–Crippen LogP) is 2.60. The lowest BCUT2D eigenvalue weighted by Crippen LogP contribution is -2.10. The maximum Gasteiger partial charge on any atom is 0.416 e. The monoisotopic (exact) mass is 323 g/mol. The van der Waals surface area contributed by atoms with E-state index in [1.165, 1.54) is 6.07 Å². The molecule has 0 bridgehead atoms. The Balaban J connectivity index is 1.83. The number of aromatic nitrogens is 2. The highest BCUT2D eigenvalue weighted by atomic mass is 19.4. The number of aryl methyl sites for hydroxylation is 1. The van der Waals surface area contributed by atoms with Crippen molar-refractivity contribution in [3.63, 3.8) is 0 Å². The van der Waals surface area contributed by atoms with Gasteiger partial charge in [-0.3, -0.25) is 0 Å². The van der Waals surface area contributed by atoms with E-state index in [1.807, 2.05) is 0 Å². The van der Waals surface area contributed by atoms with Crippen LogP contribution in [0.4, 0.5) is 24.7 Å². The fourth-order valence-corrected chi connectivity index (χ4v) is 2.61. The van der Waals surface area contributed by atoms with Crippen LogP contribution in [0.1, 0.15) is 28.2 Å². The Hall–Kier alpha value is -2.35. The Morgan fingerprint density at radius 1 is 1.22 bits per heavy atom. The lowest BCUT2D eigenvalue weighted by atomic mass is 10.1. The largest absolute Gasteiger partial charge is 0.416 e. The molecule has 23 heavy (non-hydrogen) atoms. The average Bonchev–Trinajstić information content (AvgIpc) is 2.91. The molecule has 4 N–H and O–H groups in total. The van der Waals surface area contributed by atoms with E-state index in [9.17, 15) is 13.2 Å².